The highest BCUT2D eigenvalue weighted by Gasteiger charge is 2.07. The quantitative estimate of drug-likeness (QED) is 0.802. The maximum absolute atomic E-state index is 12.7. The first-order valence-corrected chi connectivity index (χ1v) is 5.23. The van der Waals surface area contributed by atoms with Gasteiger partial charge in [-0.25, -0.2) is 4.39 Å². The van der Waals surface area contributed by atoms with Crippen LogP contribution < -0.4 is 0 Å². The first-order chi connectivity index (χ1) is 6.09. The van der Waals surface area contributed by atoms with E-state index in [0.29, 0.717) is 4.90 Å². The monoisotopic (exact) mass is 202 g/mol. The minimum atomic E-state index is -1.31. The van der Waals surface area contributed by atoms with Gasteiger partial charge in [-0.3, -0.25) is 4.21 Å². The first kappa shape index (κ1) is 10.3. The fourth-order valence-corrected chi connectivity index (χ4v) is 2.03. The lowest BCUT2D eigenvalue weighted by Gasteiger charge is -2.03. The van der Waals surface area contributed by atoms with Crippen molar-refractivity contribution in [2.45, 2.75) is 17.9 Å². The van der Waals surface area contributed by atoms with E-state index in [4.69, 9.17) is 5.11 Å². The Labute approximate surface area is 78.9 Å². The predicted molar refractivity (Wildman–Crippen MR) is 49.4 cm³/mol. The van der Waals surface area contributed by atoms with Gasteiger partial charge in [0, 0.05) is 4.90 Å². The first-order valence-electron chi connectivity index (χ1n) is 3.91. The highest BCUT2D eigenvalue weighted by molar-refractivity contribution is 7.85. The molecule has 0 spiro atoms. The molecule has 1 aromatic carbocycles. The molecule has 0 aromatic heterocycles. The van der Waals surface area contributed by atoms with Crippen LogP contribution in [0.5, 0.6) is 0 Å². The lowest BCUT2D eigenvalue weighted by atomic mass is 10.4. The summed E-state index contributed by atoms with van der Waals surface area (Å²) in [7, 11) is -1.31. The van der Waals surface area contributed by atoms with Crippen LogP contribution in [0.15, 0.2) is 29.2 Å². The van der Waals surface area contributed by atoms with Gasteiger partial charge in [0.1, 0.15) is 5.82 Å². The zero-order valence-corrected chi connectivity index (χ0v) is 8.05. The van der Waals surface area contributed by atoms with E-state index in [1.54, 1.807) is 13.0 Å². The van der Waals surface area contributed by atoms with Crippen molar-refractivity contribution in [3.8, 4) is 0 Å². The largest absolute Gasteiger partial charge is 0.392 e. The zero-order chi connectivity index (χ0) is 9.84. The van der Waals surface area contributed by atoms with Gasteiger partial charge in [-0.2, -0.15) is 0 Å². The minimum Gasteiger partial charge on any atom is -0.392 e. The second kappa shape index (κ2) is 4.48. The fourth-order valence-electron chi connectivity index (χ4n) is 0.924. The molecule has 72 valence electrons. The molecule has 0 fully saturated rings. The van der Waals surface area contributed by atoms with Gasteiger partial charge in [0.2, 0.25) is 0 Å². The topological polar surface area (TPSA) is 37.3 Å². The molecule has 0 aliphatic rings. The number of hydrogen-bond acceptors (Lipinski definition) is 2. The van der Waals surface area contributed by atoms with E-state index in [9.17, 15) is 8.60 Å². The molecule has 1 aromatic rings. The number of hydrogen-bond donors (Lipinski definition) is 1. The SMILES string of the molecule is CC(O)CS(=O)c1cccc(F)c1. The van der Waals surface area contributed by atoms with Crippen LogP contribution in [0, 0.1) is 5.82 Å². The molecule has 0 saturated heterocycles. The van der Waals surface area contributed by atoms with Crippen molar-refractivity contribution < 1.29 is 13.7 Å². The third kappa shape index (κ3) is 3.24. The molecule has 1 N–H and O–H groups in total. The van der Waals surface area contributed by atoms with Crippen molar-refractivity contribution in [2.75, 3.05) is 5.75 Å². The Kier molecular flexibility index (Phi) is 3.57. The molecule has 0 saturated carbocycles. The van der Waals surface area contributed by atoms with Crippen molar-refractivity contribution in [1.29, 1.82) is 0 Å². The molecule has 2 nitrogen and oxygen atoms in total. The van der Waals surface area contributed by atoms with Gasteiger partial charge in [0.05, 0.1) is 22.7 Å². The second-order valence-electron chi connectivity index (χ2n) is 2.82. The predicted octanol–water partition coefficient (Wildman–Crippen LogP) is 1.31. The van der Waals surface area contributed by atoms with Crippen molar-refractivity contribution in [3.63, 3.8) is 0 Å². The van der Waals surface area contributed by atoms with E-state index < -0.39 is 22.7 Å². The van der Waals surface area contributed by atoms with Gasteiger partial charge in [-0.15, -0.1) is 0 Å². The van der Waals surface area contributed by atoms with Crippen LogP contribution in [-0.2, 0) is 10.8 Å². The van der Waals surface area contributed by atoms with Gasteiger partial charge in [-0.05, 0) is 25.1 Å². The Morgan fingerprint density at radius 1 is 1.62 bits per heavy atom. The molecular weight excluding hydrogens is 191 g/mol. The van der Waals surface area contributed by atoms with E-state index >= 15 is 0 Å². The summed E-state index contributed by atoms with van der Waals surface area (Å²) in [4.78, 5) is 0.418. The summed E-state index contributed by atoms with van der Waals surface area (Å²) in [6, 6.07) is 5.60. The minimum absolute atomic E-state index is 0.142. The van der Waals surface area contributed by atoms with Crippen LogP contribution in [0.1, 0.15) is 6.92 Å². The summed E-state index contributed by atoms with van der Waals surface area (Å²) in [5.74, 6) is -0.264. The van der Waals surface area contributed by atoms with Gasteiger partial charge >= 0.3 is 0 Å². The van der Waals surface area contributed by atoms with Gasteiger partial charge in [0.25, 0.3) is 0 Å². The highest BCUT2D eigenvalue weighted by Crippen LogP contribution is 2.09. The molecule has 0 amide bonds. The van der Waals surface area contributed by atoms with Crippen LogP contribution in [0.25, 0.3) is 0 Å². The summed E-state index contributed by atoms with van der Waals surface area (Å²) < 4.78 is 24.1. The van der Waals surface area contributed by atoms with Crippen LogP contribution >= 0.6 is 0 Å². The normalized spacial score (nSPS) is 15.3. The Morgan fingerprint density at radius 3 is 2.85 bits per heavy atom. The van der Waals surface area contributed by atoms with Crippen molar-refractivity contribution in [2.24, 2.45) is 0 Å². The van der Waals surface area contributed by atoms with Crippen LogP contribution in [0.4, 0.5) is 4.39 Å². The third-order valence-corrected chi connectivity index (χ3v) is 3.02. The zero-order valence-electron chi connectivity index (χ0n) is 7.24. The van der Waals surface area contributed by atoms with Gasteiger partial charge < -0.3 is 5.11 Å². The molecule has 0 heterocycles. The molecule has 0 bridgehead atoms. The smallest absolute Gasteiger partial charge is 0.124 e. The maximum Gasteiger partial charge on any atom is 0.124 e. The van der Waals surface area contributed by atoms with E-state index in [2.05, 4.69) is 0 Å². The third-order valence-electron chi connectivity index (χ3n) is 1.45. The summed E-state index contributed by atoms with van der Waals surface area (Å²) in [6.07, 6.45) is -0.635. The lowest BCUT2D eigenvalue weighted by molar-refractivity contribution is 0.219. The van der Waals surface area contributed by atoms with Gasteiger partial charge in [-0.1, -0.05) is 6.07 Å². The molecular formula is C9H11FO2S. The van der Waals surface area contributed by atoms with E-state index in [1.807, 2.05) is 0 Å². The average molecular weight is 202 g/mol. The molecule has 0 radical (unpaired) electrons. The van der Waals surface area contributed by atoms with Crippen molar-refractivity contribution >= 4 is 10.8 Å². The standard InChI is InChI=1S/C9H11FO2S/c1-7(11)6-13(12)9-4-2-3-8(10)5-9/h2-5,7,11H,6H2,1H3. The summed E-state index contributed by atoms with van der Waals surface area (Å²) in [5, 5.41) is 8.97. The summed E-state index contributed by atoms with van der Waals surface area (Å²) in [6.45, 7) is 1.55. The second-order valence-corrected chi connectivity index (χ2v) is 4.31. The number of aliphatic hydroxyl groups excluding tert-OH is 1. The Morgan fingerprint density at radius 2 is 2.31 bits per heavy atom. The summed E-state index contributed by atoms with van der Waals surface area (Å²) >= 11 is 0. The highest BCUT2D eigenvalue weighted by atomic mass is 32.2. The van der Waals surface area contributed by atoms with E-state index in [1.165, 1.54) is 18.2 Å². The molecule has 4 heteroatoms. The number of rotatable bonds is 3. The number of halogens is 1. The van der Waals surface area contributed by atoms with Crippen molar-refractivity contribution in [3.05, 3.63) is 30.1 Å². The van der Waals surface area contributed by atoms with E-state index in [-0.39, 0.29) is 5.75 Å². The summed E-state index contributed by atoms with van der Waals surface area (Å²) in [5.41, 5.74) is 0. The molecule has 13 heavy (non-hydrogen) atoms. The number of benzene rings is 1. The van der Waals surface area contributed by atoms with E-state index in [0.717, 1.165) is 0 Å². The Bertz CT molecular complexity index is 312. The lowest BCUT2D eigenvalue weighted by Crippen LogP contribution is -2.12. The molecule has 2 unspecified atom stereocenters. The van der Waals surface area contributed by atoms with Crippen molar-refractivity contribution in [1.82, 2.24) is 0 Å². The number of aliphatic hydroxyl groups is 1. The molecule has 0 aliphatic carbocycles. The Balaban J connectivity index is 2.77. The molecule has 2 atom stereocenters. The average Bonchev–Trinajstić information content (AvgIpc) is 2.03. The fraction of sp³-hybridized carbons (Fsp3) is 0.333. The maximum atomic E-state index is 12.7. The van der Waals surface area contributed by atoms with Gasteiger partial charge in [0.15, 0.2) is 0 Å². The Hall–Kier alpha value is -0.740. The van der Waals surface area contributed by atoms with Crippen LogP contribution in [-0.4, -0.2) is 21.2 Å². The molecule has 0 aliphatic heterocycles. The molecule has 1 rings (SSSR count). The van der Waals surface area contributed by atoms with Crippen LogP contribution in [0.3, 0.4) is 0 Å². The van der Waals surface area contributed by atoms with Crippen LogP contribution in [0.2, 0.25) is 0 Å².